The fraction of sp³-hybridized carbons (Fsp3) is 0.333. The molecule has 0 fully saturated rings. The fourth-order valence-electron chi connectivity index (χ4n) is 0.326. The van der Waals surface area contributed by atoms with E-state index in [4.69, 9.17) is 0 Å². The molecule has 0 unspecified atom stereocenters. The first-order chi connectivity index (χ1) is 3.93. The zero-order valence-corrected chi connectivity index (χ0v) is 4.81. The second-order valence-electron chi connectivity index (χ2n) is 1.11. The Kier molecular flexibility index (Phi) is 1.87. The van der Waals surface area contributed by atoms with Gasteiger partial charge in [-0.05, 0) is 0 Å². The first-order valence-corrected chi connectivity index (χ1v) is 2.76. The van der Waals surface area contributed by atoms with E-state index >= 15 is 0 Å². The minimum Gasteiger partial charge on any atom is -0.280 e. The number of rotatable bonds is 2. The maximum absolute atomic E-state index is 9.73. The van der Waals surface area contributed by atoms with Crippen LogP contribution in [0.2, 0.25) is 0 Å². The Morgan fingerprint density at radius 3 is 3.38 bits per heavy atom. The molecule has 1 radical (unpaired) electrons. The number of carbonyl (C=O) groups excluding carboxylic acids is 1. The number of amides is 1. The largest absolute Gasteiger partial charge is 0.280 e. The Balaban J connectivity index is 2.19. The first kappa shape index (κ1) is 5.58. The van der Waals surface area contributed by atoms with E-state index < -0.39 is 0 Å². The van der Waals surface area contributed by atoms with Crippen LogP contribution in [0, 0.1) is 0 Å². The second kappa shape index (κ2) is 2.68. The van der Waals surface area contributed by atoms with Gasteiger partial charge in [-0.2, -0.15) is 0 Å². The van der Waals surface area contributed by atoms with Crippen LogP contribution in [0.5, 0.6) is 0 Å². The second-order valence-corrected chi connectivity index (χ2v) is 1.91. The predicted molar refractivity (Wildman–Crippen MR) is 30.9 cm³/mol. The molecule has 43 valence electrons. The van der Waals surface area contributed by atoms with E-state index in [1.807, 2.05) is 0 Å². The van der Waals surface area contributed by atoms with Crippen molar-refractivity contribution in [3.63, 3.8) is 0 Å². The zero-order chi connectivity index (χ0) is 5.82. The minimum atomic E-state index is 0.489. The van der Waals surface area contributed by atoms with Crippen molar-refractivity contribution in [3.8, 4) is 0 Å². The van der Waals surface area contributed by atoms with E-state index in [0.29, 0.717) is 13.1 Å². The average Bonchev–Trinajstić information content (AvgIpc) is 2.19. The van der Waals surface area contributed by atoms with Crippen LogP contribution in [0.25, 0.3) is 0 Å². The molecule has 0 aromatic rings. The normalized spacial score (nSPS) is 19.0. The standard InChI is InChI=1S/C3H4N3OS/c7-2-5-6-1-4-3-8-6/h2H,1H2,(H,5,7). The van der Waals surface area contributed by atoms with E-state index in [2.05, 4.69) is 16.0 Å². The van der Waals surface area contributed by atoms with Crippen molar-refractivity contribution in [2.45, 2.75) is 0 Å². The van der Waals surface area contributed by atoms with Gasteiger partial charge in [-0.15, -0.1) is 4.41 Å². The maximum Gasteiger partial charge on any atom is 0.222 e. The number of nitrogens with zero attached hydrogens (tertiary/aromatic N) is 2. The van der Waals surface area contributed by atoms with Gasteiger partial charge in [0.15, 0.2) is 0 Å². The summed E-state index contributed by atoms with van der Waals surface area (Å²) in [6.07, 6.45) is 0.607. The molecule has 4 nitrogen and oxygen atoms in total. The van der Waals surface area contributed by atoms with Gasteiger partial charge in [-0.25, -0.2) is 0 Å². The van der Waals surface area contributed by atoms with Crippen molar-refractivity contribution in [1.29, 1.82) is 0 Å². The number of aliphatic imine (C=N–C) groups is 1. The van der Waals surface area contributed by atoms with Gasteiger partial charge in [0, 0.05) is 11.9 Å². The van der Waals surface area contributed by atoms with Crippen molar-refractivity contribution < 1.29 is 4.79 Å². The fourth-order valence-corrected chi connectivity index (χ4v) is 0.751. The highest BCUT2D eigenvalue weighted by atomic mass is 32.2. The summed E-state index contributed by atoms with van der Waals surface area (Å²) in [7, 11) is 0. The van der Waals surface area contributed by atoms with Gasteiger partial charge in [-0.1, -0.05) is 0 Å². The molecular formula is C3H4N3OS. The molecule has 0 saturated carbocycles. The quantitative estimate of drug-likeness (QED) is 0.404. The summed E-state index contributed by atoms with van der Waals surface area (Å²) in [4.78, 5) is 13.4. The number of hydrogen-bond donors (Lipinski definition) is 1. The van der Waals surface area contributed by atoms with E-state index in [9.17, 15) is 4.79 Å². The van der Waals surface area contributed by atoms with Crippen molar-refractivity contribution in [3.05, 3.63) is 0 Å². The molecule has 0 aromatic carbocycles. The van der Waals surface area contributed by atoms with E-state index in [0.717, 1.165) is 0 Å². The SMILES string of the molecule is O=CNN1CN=[C]S1. The summed E-state index contributed by atoms with van der Waals surface area (Å²) in [6.45, 7) is 0.489. The molecule has 0 saturated heterocycles. The Labute approximate surface area is 51.1 Å². The summed E-state index contributed by atoms with van der Waals surface area (Å²) in [6, 6.07) is 0. The van der Waals surface area contributed by atoms with Gasteiger partial charge in [0.05, 0.1) is 0 Å². The van der Waals surface area contributed by atoms with Gasteiger partial charge in [0.25, 0.3) is 0 Å². The van der Waals surface area contributed by atoms with E-state index in [-0.39, 0.29) is 0 Å². The molecule has 8 heavy (non-hydrogen) atoms. The van der Waals surface area contributed by atoms with Crippen LogP contribution in [0.15, 0.2) is 4.99 Å². The Morgan fingerprint density at radius 2 is 2.88 bits per heavy atom. The highest BCUT2D eigenvalue weighted by Gasteiger charge is 2.05. The summed E-state index contributed by atoms with van der Waals surface area (Å²) >= 11 is 1.24. The van der Waals surface area contributed by atoms with Crippen LogP contribution < -0.4 is 5.43 Å². The first-order valence-electron chi connectivity index (χ1n) is 1.99. The van der Waals surface area contributed by atoms with Crippen LogP contribution in [0.1, 0.15) is 0 Å². The predicted octanol–water partition coefficient (Wildman–Crippen LogP) is -0.526. The van der Waals surface area contributed by atoms with Crippen molar-refractivity contribution in [1.82, 2.24) is 9.84 Å². The molecular weight excluding hydrogens is 126 g/mol. The lowest BCUT2D eigenvalue weighted by atomic mass is 11.1. The number of carbonyl (C=O) groups is 1. The molecule has 0 aliphatic carbocycles. The van der Waals surface area contributed by atoms with Gasteiger partial charge >= 0.3 is 0 Å². The number of nitrogens with one attached hydrogen (secondary N) is 1. The number of hydrazine groups is 1. The lowest BCUT2D eigenvalue weighted by Gasteiger charge is -2.06. The van der Waals surface area contributed by atoms with Crippen molar-refractivity contribution in [2.24, 2.45) is 4.99 Å². The van der Waals surface area contributed by atoms with Crippen LogP contribution in [-0.4, -0.2) is 23.0 Å². The van der Waals surface area contributed by atoms with Crippen molar-refractivity contribution >= 4 is 23.9 Å². The van der Waals surface area contributed by atoms with Gasteiger partial charge < -0.3 is 0 Å². The average molecular weight is 130 g/mol. The molecule has 0 atom stereocenters. The van der Waals surface area contributed by atoms with Crippen LogP contribution in [-0.2, 0) is 4.79 Å². The summed E-state index contributed by atoms with van der Waals surface area (Å²) in [5, 5.41) is 0. The summed E-state index contributed by atoms with van der Waals surface area (Å²) in [5.74, 6) is 0. The number of hydrogen-bond acceptors (Lipinski definition) is 4. The topological polar surface area (TPSA) is 44.7 Å². The van der Waals surface area contributed by atoms with Crippen molar-refractivity contribution in [2.75, 3.05) is 6.67 Å². The molecule has 0 spiro atoms. The van der Waals surface area contributed by atoms with Crippen LogP contribution >= 0.6 is 11.9 Å². The molecule has 1 amide bonds. The third-order valence-corrected chi connectivity index (χ3v) is 1.26. The third kappa shape index (κ3) is 1.21. The minimum absolute atomic E-state index is 0.489. The highest BCUT2D eigenvalue weighted by molar-refractivity contribution is 8.10. The molecule has 1 aliphatic heterocycles. The lowest BCUT2D eigenvalue weighted by molar-refractivity contribution is -0.111. The Morgan fingerprint density at radius 1 is 2.00 bits per heavy atom. The zero-order valence-electron chi connectivity index (χ0n) is 4.00. The highest BCUT2D eigenvalue weighted by Crippen LogP contribution is 2.07. The molecule has 1 rings (SSSR count). The van der Waals surface area contributed by atoms with Gasteiger partial charge in [0.2, 0.25) is 6.41 Å². The van der Waals surface area contributed by atoms with Crippen LogP contribution in [0.3, 0.4) is 0 Å². The summed E-state index contributed by atoms with van der Waals surface area (Å²) < 4.78 is 1.56. The Hall–Kier alpha value is -0.550. The molecule has 1 N–H and O–H groups in total. The smallest absolute Gasteiger partial charge is 0.222 e. The summed E-state index contributed by atoms with van der Waals surface area (Å²) in [5.41, 5.74) is 5.01. The Bertz CT molecular complexity index is 107. The van der Waals surface area contributed by atoms with Gasteiger partial charge in [-0.3, -0.25) is 15.2 Å². The molecule has 1 aliphatic rings. The molecule has 1 heterocycles. The molecule has 0 aromatic heterocycles. The molecule has 0 bridgehead atoms. The maximum atomic E-state index is 9.73. The van der Waals surface area contributed by atoms with Gasteiger partial charge in [0.1, 0.15) is 12.2 Å². The third-order valence-electron chi connectivity index (χ3n) is 0.611. The van der Waals surface area contributed by atoms with Crippen LogP contribution in [0.4, 0.5) is 0 Å². The lowest BCUT2D eigenvalue weighted by Crippen LogP contribution is -2.28. The van der Waals surface area contributed by atoms with E-state index in [1.54, 1.807) is 4.41 Å². The molecule has 5 heteroatoms. The monoisotopic (exact) mass is 130 g/mol. The van der Waals surface area contributed by atoms with E-state index in [1.165, 1.54) is 11.9 Å².